The lowest BCUT2D eigenvalue weighted by Crippen LogP contribution is -2.41. The van der Waals surface area contributed by atoms with Crippen LogP contribution in [0, 0.1) is 0 Å². The Balaban J connectivity index is 2.44. The average molecular weight is 189 g/mol. The van der Waals surface area contributed by atoms with Gasteiger partial charge in [0.1, 0.15) is 6.04 Å². The fraction of sp³-hybridized carbons (Fsp3) is 0.875. The Bertz CT molecular complexity index is 185. The Morgan fingerprint density at radius 2 is 2.31 bits per heavy atom. The van der Waals surface area contributed by atoms with Crippen LogP contribution in [0.15, 0.2) is 0 Å². The normalized spacial score (nSPS) is 26.2. The molecule has 1 aliphatic rings. The number of likely N-dealkylation sites (tertiary alicyclic amines) is 1. The van der Waals surface area contributed by atoms with Crippen LogP contribution < -0.4 is 0 Å². The van der Waals surface area contributed by atoms with Crippen molar-refractivity contribution in [2.75, 3.05) is 19.7 Å². The van der Waals surface area contributed by atoms with Crippen LogP contribution in [-0.4, -0.2) is 58.0 Å². The molecule has 13 heavy (non-hydrogen) atoms. The van der Waals surface area contributed by atoms with Crippen LogP contribution in [0.3, 0.4) is 0 Å². The third kappa shape index (κ3) is 2.65. The number of aliphatic hydroxyl groups is 2. The third-order valence-electron chi connectivity index (χ3n) is 2.30. The molecule has 0 aromatic carbocycles. The predicted molar refractivity (Wildman–Crippen MR) is 45.3 cm³/mol. The first-order valence-corrected chi connectivity index (χ1v) is 4.41. The summed E-state index contributed by atoms with van der Waals surface area (Å²) >= 11 is 0. The topological polar surface area (TPSA) is 81.0 Å². The van der Waals surface area contributed by atoms with Crippen molar-refractivity contribution in [3.8, 4) is 0 Å². The van der Waals surface area contributed by atoms with Crippen molar-refractivity contribution in [2.24, 2.45) is 0 Å². The van der Waals surface area contributed by atoms with Crippen molar-refractivity contribution in [3.63, 3.8) is 0 Å². The number of β-amino-alcohol motifs (C(OH)–C–C–N with tert-alkyl or cyclic N) is 1. The van der Waals surface area contributed by atoms with Crippen LogP contribution in [-0.2, 0) is 4.79 Å². The number of carboxylic acids is 1. The summed E-state index contributed by atoms with van der Waals surface area (Å²) in [6.45, 7) is 0.615. The van der Waals surface area contributed by atoms with Gasteiger partial charge in [0.15, 0.2) is 0 Å². The van der Waals surface area contributed by atoms with Crippen molar-refractivity contribution < 1.29 is 20.1 Å². The zero-order chi connectivity index (χ0) is 9.84. The van der Waals surface area contributed by atoms with Gasteiger partial charge in [-0.1, -0.05) is 0 Å². The van der Waals surface area contributed by atoms with Crippen LogP contribution in [0.5, 0.6) is 0 Å². The maximum Gasteiger partial charge on any atom is 0.320 e. The average Bonchev–Trinajstić information content (AvgIpc) is 2.52. The lowest BCUT2D eigenvalue weighted by molar-refractivity contribution is -0.142. The molecule has 0 aliphatic carbocycles. The van der Waals surface area contributed by atoms with Gasteiger partial charge in [-0.05, 0) is 19.4 Å². The van der Waals surface area contributed by atoms with Crippen LogP contribution in [0.4, 0.5) is 0 Å². The molecule has 0 aromatic heterocycles. The number of hydrogen-bond donors (Lipinski definition) is 3. The molecular formula is C8H15NO4. The first-order valence-electron chi connectivity index (χ1n) is 4.41. The van der Waals surface area contributed by atoms with E-state index >= 15 is 0 Å². The van der Waals surface area contributed by atoms with Gasteiger partial charge in [0, 0.05) is 6.54 Å². The molecule has 0 radical (unpaired) electrons. The van der Waals surface area contributed by atoms with Gasteiger partial charge in [-0.3, -0.25) is 9.69 Å². The van der Waals surface area contributed by atoms with E-state index in [0.29, 0.717) is 13.0 Å². The van der Waals surface area contributed by atoms with Gasteiger partial charge in [-0.15, -0.1) is 0 Å². The summed E-state index contributed by atoms with van der Waals surface area (Å²) in [7, 11) is 0. The lowest BCUT2D eigenvalue weighted by Gasteiger charge is -2.22. The molecule has 3 N–H and O–H groups in total. The molecule has 0 amide bonds. The highest BCUT2D eigenvalue weighted by Crippen LogP contribution is 2.17. The van der Waals surface area contributed by atoms with E-state index in [1.165, 1.54) is 0 Å². The molecule has 76 valence electrons. The summed E-state index contributed by atoms with van der Waals surface area (Å²) in [6.07, 6.45) is 0.641. The third-order valence-corrected chi connectivity index (χ3v) is 2.30. The SMILES string of the molecule is O=C(O)[C@@H]1CCCN1CC(O)CO. The minimum absolute atomic E-state index is 0.244. The van der Waals surface area contributed by atoms with E-state index in [-0.39, 0.29) is 13.2 Å². The molecule has 0 aromatic rings. The summed E-state index contributed by atoms with van der Waals surface area (Å²) < 4.78 is 0. The van der Waals surface area contributed by atoms with Crippen molar-refractivity contribution in [1.29, 1.82) is 0 Å². The van der Waals surface area contributed by atoms with Gasteiger partial charge >= 0.3 is 5.97 Å². The highest BCUT2D eigenvalue weighted by Gasteiger charge is 2.31. The van der Waals surface area contributed by atoms with Gasteiger partial charge in [-0.2, -0.15) is 0 Å². The van der Waals surface area contributed by atoms with Gasteiger partial charge < -0.3 is 15.3 Å². The molecule has 2 atom stereocenters. The second kappa shape index (κ2) is 4.55. The van der Waals surface area contributed by atoms with Crippen LogP contribution in [0.1, 0.15) is 12.8 Å². The Morgan fingerprint density at radius 1 is 1.62 bits per heavy atom. The van der Waals surface area contributed by atoms with E-state index < -0.39 is 18.1 Å². The summed E-state index contributed by atoms with van der Waals surface area (Å²) in [6, 6.07) is -0.485. The minimum Gasteiger partial charge on any atom is -0.480 e. The molecule has 5 nitrogen and oxygen atoms in total. The van der Waals surface area contributed by atoms with Crippen LogP contribution in [0.2, 0.25) is 0 Å². The first kappa shape index (κ1) is 10.4. The number of carboxylic acid groups (broad SMARTS) is 1. The number of carbonyl (C=O) groups is 1. The maximum atomic E-state index is 10.7. The van der Waals surface area contributed by atoms with E-state index in [2.05, 4.69) is 0 Å². The lowest BCUT2D eigenvalue weighted by atomic mass is 10.2. The van der Waals surface area contributed by atoms with E-state index in [0.717, 1.165) is 6.42 Å². The molecule has 1 fully saturated rings. The zero-order valence-corrected chi connectivity index (χ0v) is 7.39. The zero-order valence-electron chi connectivity index (χ0n) is 7.39. The monoisotopic (exact) mass is 189 g/mol. The standard InChI is InChI=1S/C8H15NO4/c10-5-6(11)4-9-3-1-2-7(9)8(12)13/h6-7,10-11H,1-5H2,(H,12,13)/t6?,7-/m0/s1. The van der Waals surface area contributed by atoms with Crippen molar-refractivity contribution in [1.82, 2.24) is 4.90 Å². The van der Waals surface area contributed by atoms with Crippen LogP contribution in [0.25, 0.3) is 0 Å². The highest BCUT2D eigenvalue weighted by molar-refractivity contribution is 5.73. The first-order chi connectivity index (χ1) is 6.15. The number of aliphatic hydroxyl groups excluding tert-OH is 2. The molecule has 0 saturated carbocycles. The molecule has 5 heteroatoms. The Labute approximate surface area is 76.6 Å². The number of nitrogens with zero attached hydrogens (tertiary/aromatic N) is 1. The number of aliphatic carboxylic acids is 1. The molecular weight excluding hydrogens is 174 g/mol. The Hall–Kier alpha value is -0.650. The van der Waals surface area contributed by atoms with Crippen LogP contribution >= 0.6 is 0 Å². The van der Waals surface area contributed by atoms with Gasteiger partial charge in [-0.25, -0.2) is 0 Å². The van der Waals surface area contributed by atoms with Crippen molar-refractivity contribution in [2.45, 2.75) is 25.0 Å². The van der Waals surface area contributed by atoms with E-state index in [4.69, 9.17) is 15.3 Å². The molecule has 0 bridgehead atoms. The summed E-state index contributed by atoms with van der Waals surface area (Å²) in [5.41, 5.74) is 0. The fourth-order valence-electron chi connectivity index (χ4n) is 1.65. The highest BCUT2D eigenvalue weighted by atomic mass is 16.4. The van der Waals surface area contributed by atoms with Gasteiger partial charge in [0.25, 0.3) is 0 Å². The van der Waals surface area contributed by atoms with Gasteiger partial charge in [0.2, 0.25) is 0 Å². The maximum absolute atomic E-state index is 10.7. The molecule has 1 unspecified atom stereocenters. The predicted octanol–water partition coefficient (Wildman–Crippen LogP) is -1.11. The molecule has 1 rings (SSSR count). The summed E-state index contributed by atoms with van der Waals surface area (Å²) in [4.78, 5) is 12.4. The van der Waals surface area contributed by atoms with E-state index in [1.54, 1.807) is 4.90 Å². The smallest absolute Gasteiger partial charge is 0.320 e. The fourth-order valence-corrected chi connectivity index (χ4v) is 1.65. The second-order valence-electron chi connectivity index (χ2n) is 3.33. The Morgan fingerprint density at radius 3 is 2.85 bits per heavy atom. The molecule has 1 aliphatic heterocycles. The number of rotatable bonds is 4. The summed E-state index contributed by atoms with van der Waals surface area (Å²) in [5, 5.41) is 26.5. The molecule has 1 heterocycles. The van der Waals surface area contributed by atoms with Crippen molar-refractivity contribution in [3.05, 3.63) is 0 Å². The van der Waals surface area contributed by atoms with E-state index in [9.17, 15) is 4.79 Å². The summed E-state index contributed by atoms with van der Waals surface area (Å²) in [5.74, 6) is -0.845. The largest absolute Gasteiger partial charge is 0.480 e. The van der Waals surface area contributed by atoms with E-state index in [1.807, 2.05) is 0 Å². The second-order valence-corrected chi connectivity index (χ2v) is 3.33. The molecule has 1 saturated heterocycles. The van der Waals surface area contributed by atoms with Gasteiger partial charge in [0.05, 0.1) is 12.7 Å². The Kier molecular flexibility index (Phi) is 3.65. The minimum atomic E-state index is -0.845. The number of hydrogen-bond acceptors (Lipinski definition) is 4. The quantitative estimate of drug-likeness (QED) is 0.522. The molecule has 0 spiro atoms. The van der Waals surface area contributed by atoms with Crippen molar-refractivity contribution >= 4 is 5.97 Å².